The van der Waals surface area contributed by atoms with Gasteiger partial charge in [-0.2, -0.15) is 0 Å². The van der Waals surface area contributed by atoms with Crippen molar-refractivity contribution in [3.05, 3.63) is 57.0 Å². The van der Waals surface area contributed by atoms with E-state index in [1.807, 2.05) is 24.3 Å². The second kappa shape index (κ2) is 7.16. The fraction of sp³-hybridized carbons (Fsp3) is 0.250. The Hall–Kier alpha value is -1.23. The van der Waals surface area contributed by atoms with Gasteiger partial charge in [0.2, 0.25) is 0 Å². The highest BCUT2D eigenvalue weighted by Gasteiger charge is 2.19. The number of rotatable bonds is 5. The van der Waals surface area contributed by atoms with Crippen molar-refractivity contribution < 1.29 is 14.6 Å². The highest BCUT2D eigenvalue weighted by Crippen LogP contribution is 2.40. The molecule has 0 aliphatic rings. The minimum Gasteiger partial charge on any atom is -0.495 e. The van der Waals surface area contributed by atoms with Crippen LogP contribution in [0.4, 0.5) is 0 Å². The predicted octanol–water partition coefficient (Wildman–Crippen LogP) is 4.40. The van der Waals surface area contributed by atoms with Gasteiger partial charge in [0.15, 0.2) is 0 Å². The fourth-order valence-corrected chi connectivity index (χ4v) is 2.95. The lowest BCUT2D eigenvalue weighted by molar-refractivity contribution is 0.174. The van der Waals surface area contributed by atoms with Crippen molar-refractivity contribution in [1.29, 1.82) is 0 Å². The van der Waals surface area contributed by atoms with Gasteiger partial charge in [0, 0.05) is 16.5 Å². The lowest BCUT2D eigenvalue weighted by atomic mass is 10.0. The van der Waals surface area contributed by atoms with Crippen LogP contribution >= 0.6 is 27.5 Å². The molecular weight excluding hydrogens is 356 g/mol. The SMILES string of the molecule is COc1ccc(C(O)Cc2cccc(Br)c2)c(OC)c1Cl. The van der Waals surface area contributed by atoms with Crippen molar-refractivity contribution in [2.24, 2.45) is 0 Å². The summed E-state index contributed by atoms with van der Waals surface area (Å²) in [6.07, 6.45) is -0.240. The first-order chi connectivity index (χ1) is 10.1. The minimum absolute atomic E-state index is 0.366. The van der Waals surface area contributed by atoms with Crippen molar-refractivity contribution in [2.75, 3.05) is 14.2 Å². The molecule has 0 aliphatic carbocycles. The lowest BCUT2D eigenvalue weighted by Crippen LogP contribution is -2.05. The van der Waals surface area contributed by atoms with Gasteiger partial charge in [-0.1, -0.05) is 39.7 Å². The summed E-state index contributed by atoms with van der Waals surface area (Å²) >= 11 is 9.64. The predicted molar refractivity (Wildman–Crippen MR) is 87.4 cm³/mol. The number of halogens is 2. The van der Waals surface area contributed by atoms with Gasteiger partial charge < -0.3 is 14.6 Å². The smallest absolute Gasteiger partial charge is 0.147 e. The molecule has 0 amide bonds. The summed E-state index contributed by atoms with van der Waals surface area (Å²) in [7, 11) is 3.06. The maximum atomic E-state index is 10.5. The quantitative estimate of drug-likeness (QED) is 0.847. The maximum Gasteiger partial charge on any atom is 0.147 e. The van der Waals surface area contributed by atoms with Crippen molar-refractivity contribution in [3.63, 3.8) is 0 Å². The second-order valence-electron chi connectivity index (χ2n) is 4.55. The average Bonchev–Trinajstić information content (AvgIpc) is 2.46. The Morgan fingerprint density at radius 3 is 2.57 bits per heavy atom. The van der Waals surface area contributed by atoms with Crippen LogP contribution < -0.4 is 9.47 Å². The molecule has 21 heavy (non-hydrogen) atoms. The molecule has 1 N–H and O–H groups in total. The first kappa shape index (κ1) is 16.1. The summed E-state index contributed by atoms with van der Waals surface area (Å²) in [6.45, 7) is 0. The molecule has 0 heterocycles. The van der Waals surface area contributed by atoms with Crippen molar-refractivity contribution in [3.8, 4) is 11.5 Å². The third-order valence-electron chi connectivity index (χ3n) is 3.19. The van der Waals surface area contributed by atoms with E-state index in [1.165, 1.54) is 14.2 Å². The molecular formula is C16H16BrClO3. The number of hydrogen-bond acceptors (Lipinski definition) is 3. The Bertz CT molecular complexity index is 631. The van der Waals surface area contributed by atoms with E-state index in [-0.39, 0.29) is 0 Å². The van der Waals surface area contributed by atoms with Crippen molar-refractivity contribution in [2.45, 2.75) is 12.5 Å². The third-order valence-corrected chi connectivity index (χ3v) is 4.04. The summed E-state index contributed by atoms with van der Waals surface area (Å²) in [6, 6.07) is 11.3. The zero-order chi connectivity index (χ0) is 15.4. The monoisotopic (exact) mass is 370 g/mol. The Kier molecular flexibility index (Phi) is 5.51. The summed E-state index contributed by atoms with van der Waals surface area (Å²) in [5.41, 5.74) is 1.66. The van der Waals surface area contributed by atoms with E-state index in [4.69, 9.17) is 21.1 Å². The first-order valence-electron chi connectivity index (χ1n) is 6.39. The average molecular weight is 372 g/mol. The molecule has 3 nitrogen and oxygen atoms in total. The Balaban J connectivity index is 2.30. The van der Waals surface area contributed by atoms with Gasteiger partial charge in [-0.25, -0.2) is 0 Å². The van der Waals surface area contributed by atoms with Crippen molar-refractivity contribution >= 4 is 27.5 Å². The summed E-state index contributed by atoms with van der Waals surface area (Å²) in [5, 5.41) is 10.8. The van der Waals surface area contributed by atoms with Gasteiger partial charge in [-0.3, -0.25) is 0 Å². The van der Waals surface area contributed by atoms with Gasteiger partial charge >= 0.3 is 0 Å². The van der Waals surface area contributed by atoms with E-state index in [0.717, 1.165) is 10.0 Å². The molecule has 2 aromatic rings. The Morgan fingerprint density at radius 2 is 1.95 bits per heavy atom. The zero-order valence-corrected chi connectivity index (χ0v) is 14.1. The Morgan fingerprint density at radius 1 is 1.19 bits per heavy atom. The molecule has 0 radical (unpaired) electrons. The number of aliphatic hydroxyl groups excluding tert-OH is 1. The molecule has 2 rings (SSSR count). The van der Waals surface area contributed by atoms with Crippen LogP contribution in [0.1, 0.15) is 17.2 Å². The van der Waals surface area contributed by atoms with Crippen LogP contribution in [-0.2, 0) is 6.42 Å². The van der Waals surface area contributed by atoms with Crippen LogP contribution in [0, 0.1) is 0 Å². The van der Waals surface area contributed by atoms with Crippen LogP contribution in [-0.4, -0.2) is 19.3 Å². The number of methoxy groups -OCH3 is 2. The van der Waals surface area contributed by atoms with Gasteiger partial charge in [0.1, 0.15) is 16.5 Å². The highest BCUT2D eigenvalue weighted by atomic mass is 79.9. The van der Waals surface area contributed by atoms with Crippen molar-refractivity contribution in [1.82, 2.24) is 0 Å². The molecule has 5 heteroatoms. The number of hydrogen-bond donors (Lipinski definition) is 1. The van der Waals surface area contributed by atoms with E-state index < -0.39 is 6.10 Å². The second-order valence-corrected chi connectivity index (χ2v) is 5.85. The largest absolute Gasteiger partial charge is 0.495 e. The highest BCUT2D eigenvalue weighted by molar-refractivity contribution is 9.10. The van der Waals surface area contributed by atoms with Crippen LogP contribution in [0.3, 0.4) is 0 Å². The first-order valence-corrected chi connectivity index (χ1v) is 7.56. The van der Waals surface area contributed by atoms with Crippen LogP contribution in [0.15, 0.2) is 40.9 Å². The molecule has 0 saturated heterocycles. The van der Waals surface area contributed by atoms with E-state index in [9.17, 15) is 5.11 Å². The fourth-order valence-electron chi connectivity index (χ4n) is 2.18. The van der Waals surface area contributed by atoms with E-state index in [1.54, 1.807) is 12.1 Å². The molecule has 0 fully saturated rings. The number of benzene rings is 2. The van der Waals surface area contributed by atoms with Crippen LogP contribution in [0.2, 0.25) is 5.02 Å². The minimum atomic E-state index is -0.711. The van der Waals surface area contributed by atoms with Gasteiger partial charge in [-0.15, -0.1) is 0 Å². The van der Waals surface area contributed by atoms with E-state index >= 15 is 0 Å². The maximum absolute atomic E-state index is 10.5. The topological polar surface area (TPSA) is 38.7 Å². The lowest BCUT2D eigenvalue weighted by Gasteiger charge is -2.17. The van der Waals surface area contributed by atoms with E-state index in [2.05, 4.69) is 15.9 Å². The molecule has 0 saturated carbocycles. The van der Waals surface area contributed by atoms with Gasteiger partial charge in [-0.05, 0) is 29.8 Å². The zero-order valence-electron chi connectivity index (χ0n) is 11.8. The number of aliphatic hydroxyl groups is 1. The summed E-state index contributed by atoms with van der Waals surface area (Å²) in [5.74, 6) is 0.963. The van der Waals surface area contributed by atoms with Crippen LogP contribution in [0.5, 0.6) is 11.5 Å². The van der Waals surface area contributed by atoms with E-state index in [0.29, 0.717) is 28.5 Å². The van der Waals surface area contributed by atoms with Gasteiger partial charge in [0.25, 0.3) is 0 Å². The molecule has 1 unspecified atom stereocenters. The molecule has 0 aromatic heterocycles. The van der Waals surface area contributed by atoms with Crippen LogP contribution in [0.25, 0.3) is 0 Å². The molecule has 112 valence electrons. The number of ether oxygens (including phenoxy) is 2. The van der Waals surface area contributed by atoms with Gasteiger partial charge in [0.05, 0.1) is 20.3 Å². The standard InChI is InChI=1S/C16H16BrClO3/c1-20-14-7-6-12(16(21-2)15(14)18)13(19)9-10-4-3-5-11(17)8-10/h3-8,13,19H,9H2,1-2H3. The summed E-state index contributed by atoms with van der Waals surface area (Å²) < 4.78 is 11.5. The summed E-state index contributed by atoms with van der Waals surface area (Å²) in [4.78, 5) is 0. The molecule has 1 atom stereocenters. The third kappa shape index (κ3) is 3.70. The molecule has 2 aromatic carbocycles. The molecule has 0 bridgehead atoms. The molecule has 0 aliphatic heterocycles. The Labute approximate surface area is 137 Å². The normalized spacial score (nSPS) is 12.0. The molecule has 0 spiro atoms.